The average molecular weight is 423 g/mol. The first-order chi connectivity index (χ1) is 14.1. The summed E-state index contributed by atoms with van der Waals surface area (Å²) in [6.45, 7) is 0.0606. The average Bonchev–Trinajstić information content (AvgIpc) is 3.19. The van der Waals surface area contributed by atoms with Crippen molar-refractivity contribution >= 4 is 33.2 Å². The highest BCUT2D eigenvalue weighted by Gasteiger charge is 2.22. The number of thiophene rings is 1. The second-order valence-electron chi connectivity index (χ2n) is 7.45. The minimum atomic E-state index is 0.0284. The SMILES string of the molecule is O=c1c2sc(-c3ccc(Cl)cc3)cc2ncn1[C@H]1CCc2cc(CO)ccc2C1. The quantitative estimate of drug-likeness (QED) is 0.505. The first-order valence-corrected chi connectivity index (χ1v) is 10.8. The lowest BCUT2D eigenvalue weighted by molar-refractivity contribution is 0.281. The molecule has 0 unspecified atom stereocenters. The second-order valence-corrected chi connectivity index (χ2v) is 8.94. The number of benzene rings is 2. The Morgan fingerprint density at radius 1 is 1.14 bits per heavy atom. The largest absolute Gasteiger partial charge is 0.392 e. The van der Waals surface area contributed by atoms with Crippen LogP contribution >= 0.6 is 22.9 Å². The van der Waals surface area contributed by atoms with Crippen molar-refractivity contribution in [3.63, 3.8) is 0 Å². The molecule has 1 N–H and O–H groups in total. The van der Waals surface area contributed by atoms with Crippen molar-refractivity contribution < 1.29 is 5.11 Å². The number of nitrogens with zero attached hydrogens (tertiary/aromatic N) is 2. The maximum absolute atomic E-state index is 13.2. The number of aromatic nitrogens is 2. The Morgan fingerprint density at radius 3 is 2.76 bits per heavy atom. The Morgan fingerprint density at radius 2 is 1.97 bits per heavy atom. The zero-order valence-electron chi connectivity index (χ0n) is 15.6. The summed E-state index contributed by atoms with van der Waals surface area (Å²) in [5.74, 6) is 0. The van der Waals surface area contributed by atoms with Gasteiger partial charge in [0, 0.05) is 15.9 Å². The molecule has 2 heterocycles. The van der Waals surface area contributed by atoms with Crippen LogP contribution in [-0.4, -0.2) is 14.7 Å². The molecule has 5 rings (SSSR count). The normalized spacial score (nSPS) is 16.1. The predicted molar refractivity (Wildman–Crippen MR) is 118 cm³/mol. The summed E-state index contributed by atoms with van der Waals surface area (Å²) in [5, 5.41) is 10.0. The van der Waals surface area contributed by atoms with Gasteiger partial charge in [-0.2, -0.15) is 0 Å². The lowest BCUT2D eigenvalue weighted by Gasteiger charge is -2.26. The summed E-state index contributed by atoms with van der Waals surface area (Å²) < 4.78 is 2.49. The molecule has 6 heteroatoms. The van der Waals surface area contributed by atoms with Crippen LogP contribution < -0.4 is 5.56 Å². The molecule has 2 aromatic heterocycles. The molecule has 0 bridgehead atoms. The van der Waals surface area contributed by atoms with Crippen molar-refractivity contribution in [2.24, 2.45) is 0 Å². The molecular weight excluding hydrogens is 404 g/mol. The topological polar surface area (TPSA) is 55.1 Å². The number of aryl methyl sites for hydroxylation is 1. The molecule has 29 heavy (non-hydrogen) atoms. The molecule has 4 aromatic rings. The third-order valence-corrected chi connectivity index (χ3v) is 7.05. The van der Waals surface area contributed by atoms with Crippen LogP contribution in [0.15, 0.2) is 59.7 Å². The van der Waals surface area contributed by atoms with Gasteiger partial charge in [0.15, 0.2) is 0 Å². The highest BCUT2D eigenvalue weighted by Crippen LogP contribution is 2.33. The van der Waals surface area contributed by atoms with Gasteiger partial charge in [-0.25, -0.2) is 4.98 Å². The minimum Gasteiger partial charge on any atom is -0.392 e. The fourth-order valence-corrected chi connectivity index (χ4v) is 5.25. The number of halogens is 1. The number of hydrogen-bond donors (Lipinski definition) is 1. The van der Waals surface area contributed by atoms with Crippen molar-refractivity contribution in [1.82, 2.24) is 9.55 Å². The molecule has 146 valence electrons. The second kappa shape index (κ2) is 7.41. The molecule has 0 saturated heterocycles. The van der Waals surface area contributed by atoms with E-state index in [2.05, 4.69) is 17.1 Å². The molecule has 4 nitrogen and oxygen atoms in total. The maximum atomic E-state index is 13.2. The molecule has 1 aliphatic rings. The predicted octanol–water partition coefficient (Wildman–Crippen LogP) is 5.00. The van der Waals surface area contributed by atoms with E-state index < -0.39 is 0 Å². The lowest BCUT2D eigenvalue weighted by Crippen LogP contribution is -2.28. The summed E-state index contributed by atoms with van der Waals surface area (Å²) in [7, 11) is 0. The molecule has 2 aromatic carbocycles. The first kappa shape index (κ1) is 18.6. The minimum absolute atomic E-state index is 0.0284. The van der Waals surface area contributed by atoms with Gasteiger partial charge in [0.2, 0.25) is 0 Å². The highest BCUT2D eigenvalue weighted by atomic mass is 35.5. The Balaban J connectivity index is 1.50. The van der Waals surface area contributed by atoms with Gasteiger partial charge in [0.1, 0.15) is 4.70 Å². The molecule has 0 radical (unpaired) electrons. The van der Waals surface area contributed by atoms with E-state index in [4.69, 9.17) is 11.6 Å². The van der Waals surface area contributed by atoms with E-state index in [1.807, 2.05) is 36.4 Å². The Bertz CT molecular complexity index is 1260. The van der Waals surface area contributed by atoms with Crippen molar-refractivity contribution in [2.75, 3.05) is 0 Å². The molecule has 0 saturated carbocycles. The maximum Gasteiger partial charge on any atom is 0.271 e. The van der Waals surface area contributed by atoms with E-state index in [9.17, 15) is 9.90 Å². The van der Waals surface area contributed by atoms with Crippen LogP contribution in [0, 0.1) is 0 Å². The number of hydrogen-bond acceptors (Lipinski definition) is 4. The molecule has 0 aliphatic heterocycles. The third kappa shape index (κ3) is 3.39. The van der Waals surface area contributed by atoms with E-state index in [1.54, 1.807) is 10.9 Å². The van der Waals surface area contributed by atoms with Crippen LogP contribution in [0.2, 0.25) is 5.02 Å². The highest BCUT2D eigenvalue weighted by molar-refractivity contribution is 7.22. The molecule has 0 fully saturated rings. The van der Waals surface area contributed by atoms with Crippen molar-refractivity contribution in [2.45, 2.75) is 31.9 Å². The van der Waals surface area contributed by atoms with Gasteiger partial charge in [-0.3, -0.25) is 9.36 Å². The summed E-state index contributed by atoms with van der Waals surface area (Å²) >= 11 is 7.47. The summed E-state index contributed by atoms with van der Waals surface area (Å²) in [6, 6.07) is 15.8. The van der Waals surface area contributed by atoms with E-state index in [0.717, 1.165) is 40.8 Å². The Labute approximate surface area is 177 Å². The van der Waals surface area contributed by atoms with Crippen molar-refractivity contribution in [3.8, 4) is 10.4 Å². The van der Waals surface area contributed by atoms with E-state index >= 15 is 0 Å². The summed E-state index contributed by atoms with van der Waals surface area (Å²) in [4.78, 5) is 18.8. The van der Waals surface area contributed by atoms with Crippen LogP contribution in [0.5, 0.6) is 0 Å². The first-order valence-electron chi connectivity index (χ1n) is 9.60. The molecule has 1 atom stereocenters. The Kier molecular flexibility index (Phi) is 4.74. The van der Waals surface area contributed by atoms with Crippen LogP contribution in [0.4, 0.5) is 0 Å². The van der Waals surface area contributed by atoms with Crippen molar-refractivity contribution in [1.29, 1.82) is 0 Å². The van der Waals surface area contributed by atoms with E-state index in [0.29, 0.717) is 9.72 Å². The summed E-state index contributed by atoms with van der Waals surface area (Å²) in [6.07, 6.45) is 4.30. The van der Waals surface area contributed by atoms with E-state index in [-0.39, 0.29) is 18.2 Å². The molecule has 0 amide bonds. The fraction of sp³-hybridized carbons (Fsp3) is 0.217. The molecule has 1 aliphatic carbocycles. The van der Waals surface area contributed by atoms with Crippen LogP contribution in [-0.2, 0) is 19.4 Å². The Hall–Kier alpha value is -2.47. The number of aliphatic hydroxyl groups is 1. The van der Waals surface area contributed by atoms with Crippen LogP contribution in [0.3, 0.4) is 0 Å². The number of aliphatic hydroxyl groups excluding tert-OH is 1. The smallest absolute Gasteiger partial charge is 0.271 e. The van der Waals surface area contributed by atoms with Crippen molar-refractivity contribution in [3.05, 3.63) is 86.9 Å². The van der Waals surface area contributed by atoms with Gasteiger partial charge in [0.05, 0.1) is 18.5 Å². The van der Waals surface area contributed by atoms with Gasteiger partial charge in [-0.05, 0) is 59.7 Å². The monoisotopic (exact) mass is 422 g/mol. The van der Waals surface area contributed by atoms with Gasteiger partial charge >= 0.3 is 0 Å². The van der Waals surface area contributed by atoms with Gasteiger partial charge in [-0.15, -0.1) is 11.3 Å². The van der Waals surface area contributed by atoms with Crippen LogP contribution in [0.25, 0.3) is 20.7 Å². The molecular formula is C23H19ClN2O2S. The van der Waals surface area contributed by atoms with Gasteiger partial charge < -0.3 is 5.11 Å². The summed E-state index contributed by atoms with van der Waals surface area (Å²) in [5.41, 5.74) is 5.27. The van der Waals surface area contributed by atoms with Gasteiger partial charge in [-0.1, -0.05) is 41.9 Å². The number of fused-ring (bicyclic) bond motifs is 2. The lowest BCUT2D eigenvalue weighted by atomic mass is 9.87. The zero-order valence-corrected chi connectivity index (χ0v) is 17.2. The molecule has 0 spiro atoms. The number of rotatable bonds is 3. The standard InChI is InChI=1S/C23H19ClN2O2S/c24-18-6-3-15(4-7-18)21-11-20-22(29-21)23(28)26(13-25-20)19-8-5-16-9-14(12-27)1-2-17(16)10-19/h1-4,6-7,9,11,13,19,27H,5,8,10,12H2/t19-/m0/s1. The third-order valence-electron chi connectivity index (χ3n) is 5.64. The van der Waals surface area contributed by atoms with Crippen LogP contribution in [0.1, 0.15) is 29.2 Å². The van der Waals surface area contributed by atoms with E-state index in [1.165, 1.54) is 22.5 Å². The fourth-order valence-electron chi connectivity index (χ4n) is 4.07. The zero-order chi connectivity index (χ0) is 20.0. The van der Waals surface area contributed by atoms with Gasteiger partial charge in [0.25, 0.3) is 5.56 Å².